The number of ether oxygens (including phenoxy) is 1. The van der Waals surface area contributed by atoms with Gasteiger partial charge < -0.3 is 14.6 Å². The molecule has 18 heavy (non-hydrogen) atoms. The van der Waals surface area contributed by atoms with E-state index in [1.165, 1.54) is 0 Å². The van der Waals surface area contributed by atoms with E-state index in [9.17, 15) is 13.2 Å². The number of halogens is 3. The largest absolute Gasteiger partial charge is 0.411 e. The Labute approximate surface area is 102 Å². The highest BCUT2D eigenvalue weighted by atomic mass is 19.4. The lowest BCUT2D eigenvalue weighted by Crippen LogP contribution is -2.43. The number of hydrogen-bond acceptors (Lipinski definition) is 5. The van der Waals surface area contributed by atoms with Gasteiger partial charge in [-0.25, -0.2) is 0 Å². The van der Waals surface area contributed by atoms with E-state index in [2.05, 4.69) is 20.2 Å². The van der Waals surface area contributed by atoms with Crippen LogP contribution in [0.3, 0.4) is 0 Å². The van der Waals surface area contributed by atoms with E-state index < -0.39 is 12.8 Å². The van der Waals surface area contributed by atoms with Gasteiger partial charge in [-0.2, -0.15) is 18.2 Å². The summed E-state index contributed by atoms with van der Waals surface area (Å²) in [4.78, 5) is 4.10. The lowest BCUT2D eigenvalue weighted by atomic mass is 10.00. The first-order chi connectivity index (χ1) is 8.53. The summed E-state index contributed by atoms with van der Waals surface area (Å²) in [7, 11) is 0. The van der Waals surface area contributed by atoms with Gasteiger partial charge in [-0.15, -0.1) is 0 Å². The number of aromatic nitrogens is 2. The zero-order valence-corrected chi connectivity index (χ0v) is 9.66. The Hall–Kier alpha value is -1.15. The molecule has 1 aromatic heterocycles. The number of nitrogens with one attached hydrogen (secondary N) is 1. The molecular formula is C10H14F3N3O2. The third-order valence-electron chi connectivity index (χ3n) is 2.58. The van der Waals surface area contributed by atoms with Crippen molar-refractivity contribution in [2.45, 2.75) is 19.0 Å². The van der Waals surface area contributed by atoms with Gasteiger partial charge in [0.15, 0.2) is 5.82 Å². The second-order valence-corrected chi connectivity index (χ2v) is 4.25. The smallest absolute Gasteiger partial charge is 0.372 e. The molecular weight excluding hydrogens is 251 g/mol. The fourth-order valence-corrected chi connectivity index (χ4v) is 1.57. The van der Waals surface area contributed by atoms with E-state index in [0.717, 1.165) is 13.1 Å². The SMILES string of the molecule is FC(F)(F)COCCc1noc(CC2CNC2)n1. The maximum absolute atomic E-state index is 11.8. The van der Waals surface area contributed by atoms with Gasteiger partial charge >= 0.3 is 6.18 Å². The first-order valence-electron chi connectivity index (χ1n) is 5.69. The van der Waals surface area contributed by atoms with E-state index in [-0.39, 0.29) is 13.0 Å². The Bertz CT molecular complexity index is 377. The number of nitrogens with zero attached hydrogens (tertiary/aromatic N) is 2. The molecule has 1 fully saturated rings. The van der Waals surface area contributed by atoms with Crippen LogP contribution in [0.2, 0.25) is 0 Å². The highest BCUT2D eigenvalue weighted by Gasteiger charge is 2.27. The minimum absolute atomic E-state index is 0.0660. The van der Waals surface area contributed by atoms with Gasteiger partial charge in [0.2, 0.25) is 5.89 Å². The summed E-state index contributed by atoms with van der Waals surface area (Å²) in [5.41, 5.74) is 0. The molecule has 0 spiro atoms. The predicted molar refractivity (Wildman–Crippen MR) is 54.9 cm³/mol. The van der Waals surface area contributed by atoms with Gasteiger partial charge in [-0.3, -0.25) is 0 Å². The van der Waals surface area contributed by atoms with Crippen molar-refractivity contribution < 1.29 is 22.4 Å². The summed E-state index contributed by atoms with van der Waals surface area (Å²) in [5, 5.41) is 6.82. The molecule has 0 amide bonds. The second kappa shape index (κ2) is 5.66. The van der Waals surface area contributed by atoms with Crippen LogP contribution in [0.25, 0.3) is 0 Å². The molecule has 1 aliphatic heterocycles. The molecule has 5 nitrogen and oxygen atoms in total. The van der Waals surface area contributed by atoms with Gasteiger partial charge in [0.05, 0.1) is 6.61 Å². The lowest BCUT2D eigenvalue weighted by molar-refractivity contribution is -0.173. The van der Waals surface area contributed by atoms with Crippen molar-refractivity contribution in [2.24, 2.45) is 5.92 Å². The van der Waals surface area contributed by atoms with Crippen LogP contribution in [0.4, 0.5) is 13.2 Å². The molecule has 0 radical (unpaired) electrons. The average Bonchev–Trinajstić information content (AvgIpc) is 2.65. The number of hydrogen-bond donors (Lipinski definition) is 1. The van der Waals surface area contributed by atoms with Crippen molar-refractivity contribution in [3.05, 3.63) is 11.7 Å². The van der Waals surface area contributed by atoms with E-state index in [0.29, 0.717) is 24.1 Å². The van der Waals surface area contributed by atoms with Gasteiger partial charge in [0, 0.05) is 12.8 Å². The van der Waals surface area contributed by atoms with Crippen LogP contribution >= 0.6 is 0 Å². The van der Waals surface area contributed by atoms with E-state index >= 15 is 0 Å². The van der Waals surface area contributed by atoms with Crippen molar-refractivity contribution in [3.8, 4) is 0 Å². The summed E-state index contributed by atoms with van der Waals surface area (Å²) in [5.74, 6) is 1.44. The molecule has 0 aliphatic carbocycles. The Balaban J connectivity index is 1.66. The third kappa shape index (κ3) is 4.26. The molecule has 0 saturated carbocycles. The summed E-state index contributed by atoms with van der Waals surface area (Å²) >= 11 is 0. The summed E-state index contributed by atoms with van der Waals surface area (Å²) in [6, 6.07) is 0. The summed E-state index contributed by atoms with van der Waals surface area (Å²) < 4.78 is 44.9. The molecule has 1 aliphatic rings. The van der Waals surface area contributed by atoms with Gasteiger partial charge in [-0.05, 0) is 19.0 Å². The van der Waals surface area contributed by atoms with Crippen molar-refractivity contribution in [2.75, 3.05) is 26.3 Å². The van der Waals surface area contributed by atoms with Crippen molar-refractivity contribution in [3.63, 3.8) is 0 Å². The van der Waals surface area contributed by atoms with Gasteiger partial charge in [0.25, 0.3) is 0 Å². The Kier molecular flexibility index (Phi) is 4.18. The monoisotopic (exact) mass is 265 g/mol. The van der Waals surface area contributed by atoms with Crippen molar-refractivity contribution >= 4 is 0 Å². The summed E-state index contributed by atoms with van der Waals surface area (Å²) in [6.07, 6.45) is -3.36. The van der Waals surface area contributed by atoms with Crippen LogP contribution < -0.4 is 5.32 Å². The highest BCUT2D eigenvalue weighted by molar-refractivity contribution is 4.91. The first-order valence-corrected chi connectivity index (χ1v) is 5.69. The van der Waals surface area contributed by atoms with Gasteiger partial charge in [0.1, 0.15) is 6.61 Å². The van der Waals surface area contributed by atoms with Crippen LogP contribution in [0.15, 0.2) is 4.52 Å². The zero-order valence-electron chi connectivity index (χ0n) is 9.66. The third-order valence-corrected chi connectivity index (χ3v) is 2.58. The van der Waals surface area contributed by atoms with Gasteiger partial charge in [-0.1, -0.05) is 5.16 Å². The van der Waals surface area contributed by atoms with Crippen LogP contribution in [0.5, 0.6) is 0 Å². The molecule has 1 N–H and O–H groups in total. The number of alkyl halides is 3. The molecule has 102 valence electrons. The first kappa shape index (κ1) is 13.3. The highest BCUT2D eigenvalue weighted by Crippen LogP contribution is 2.14. The summed E-state index contributed by atoms with van der Waals surface area (Å²) in [6.45, 7) is 0.563. The van der Waals surface area contributed by atoms with Crippen LogP contribution in [0.1, 0.15) is 11.7 Å². The average molecular weight is 265 g/mol. The zero-order chi connectivity index (χ0) is 13.0. The molecule has 0 bridgehead atoms. The van der Waals surface area contributed by atoms with Crippen LogP contribution in [-0.2, 0) is 17.6 Å². The molecule has 1 aromatic rings. The standard InChI is InChI=1S/C10H14F3N3O2/c11-10(12,13)6-17-2-1-8-15-9(18-16-8)3-7-4-14-5-7/h7,14H,1-6H2. The fourth-order valence-electron chi connectivity index (χ4n) is 1.57. The fraction of sp³-hybridized carbons (Fsp3) is 0.800. The minimum Gasteiger partial charge on any atom is -0.372 e. The molecule has 2 rings (SSSR count). The lowest BCUT2D eigenvalue weighted by Gasteiger charge is -2.25. The quantitative estimate of drug-likeness (QED) is 0.776. The Morgan fingerprint density at radius 2 is 2.17 bits per heavy atom. The maximum Gasteiger partial charge on any atom is 0.411 e. The van der Waals surface area contributed by atoms with E-state index in [1.54, 1.807) is 0 Å². The molecule has 0 atom stereocenters. The molecule has 0 unspecified atom stereocenters. The van der Waals surface area contributed by atoms with Crippen LogP contribution in [0, 0.1) is 5.92 Å². The molecule has 1 saturated heterocycles. The maximum atomic E-state index is 11.8. The minimum atomic E-state index is -4.29. The van der Waals surface area contributed by atoms with Crippen LogP contribution in [-0.4, -0.2) is 42.6 Å². The topological polar surface area (TPSA) is 60.2 Å². The Morgan fingerprint density at radius 3 is 2.78 bits per heavy atom. The predicted octanol–water partition coefficient (Wildman–Crippen LogP) is 0.953. The van der Waals surface area contributed by atoms with Crippen molar-refractivity contribution in [1.82, 2.24) is 15.5 Å². The molecule has 2 heterocycles. The molecule has 0 aromatic carbocycles. The second-order valence-electron chi connectivity index (χ2n) is 4.25. The Morgan fingerprint density at radius 1 is 1.39 bits per heavy atom. The van der Waals surface area contributed by atoms with Crippen molar-refractivity contribution in [1.29, 1.82) is 0 Å². The molecule has 8 heteroatoms. The number of rotatable bonds is 6. The van der Waals surface area contributed by atoms with E-state index in [1.807, 2.05) is 0 Å². The normalized spacial score (nSPS) is 16.8. The van der Waals surface area contributed by atoms with E-state index in [4.69, 9.17) is 4.52 Å².